The molecule has 0 aliphatic carbocycles. The molecule has 0 saturated carbocycles. The van der Waals surface area contributed by atoms with Crippen LogP contribution in [0.25, 0.3) is 0 Å². The second kappa shape index (κ2) is 5.78. The number of halogens is 4. The summed E-state index contributed by atoms with van der Waals surface area (Å²) in [5.41, 5.74) is -0.912. The van der Waals surface area contributed by atoms with E-state index in [4.69, 9.17) is 11.6 Å². The molecule has 1 aromatic rings. The number of carbonyl (C=O) groups excluding carboxylic acids is 1. The van der Waals surface area contributed by atoms with Crippen molar-refractivity contribution in [3.05, 3.63) is 34.3 Å². The van der Waals surface area contributed by atoms with Crippen LogP contribution in [0.3, 0.4) is 0 Å². The van der Waals surface area contributed by atoms with E-state index >= 15 is 0 Å². The number of ketones is 1. The summed E-state index contributed by atoms with van der Waals surface area (Å²) < 4.78 is 37.6. The van der Waals surface area contributed by atoms with Crippen LogP contribution >= 0.6 is 23.4 Å². The third kappa shape index (κ3) is 3.92. The lowest BCUT2D eigenvalue weighted by atomic mass is 10.1. The van der Waals surface area contributed by atoms with Gasteiger partial charge in [0.05, 0.1) is 10.6 Å². The van der Waals surface area contributed by atoms with Gasteiger partial charge in [-0.1, -0.05) is 11.6 Å². The molecule has 0 radical (unpaired) electrons. The first-order valence-electron chi connectivity index (χ1n) is 4.75. The molecule has 0 saturated heterocycles. The molecule has 0 bridgehead atoms. The number of hydrogen-bond acceptors (Lipinski definition) is 2. The van der Waals surface area contributed by atoms with Gasteiger partial charge in [0.2, 0.25) is 0 Å². The Bertz CT molecular complexity index is 418. The average molecular weight is 283 g/mol. The molecule has 94 valence electrons. The molecular formula is C11H10ClF3OS. The monoisotopic (exact) mass is 282 g/mol. The van der Waals surface area contributed by atoms with E-state index in [9.17, 15) is 18.0 Å². The van der Waals surface area contributed by atoms with E-state index in [0.717, 1.165) is 12.1 Å². The van der Waals surface area contributed by atoms with Crippen LogP contribution in [0, 0.1) is 0 Å². The van der Waals surface area contributed by atoms with Gasteiger partial charge in [-0.2, -0.15) is 24.9 Å². The van der Waals surface area contributed by atoms with Gasteiger partial charge in [0.15, 0.2) is 5.78 Å². The number of hydrogen-bond donors (Lipinski definition) is 0. The topological polar surface area (TPSA) is 17.1 Å². The molecule has 0 aliphatic heterocycles. The van der Waals surface area contributed by atoms with E-state index in [2.05, 4.69) is 0 Å². The van der Waals surface area contributed by atoms with Crippen molar-refractivity contribution in [2.24, 2.45) is 0 Å². The lowest BCUT2D eigenvalue weighted by Crippen LogP contribution is -2.09. The molecule has 17 heavy (non-hydrogen) atoms. The molecule has 1 rings (SSSR count). The number of thioether (sulfide) groups is 1. The highest BCUT2D eigenvalue weighted by molar-refractivity contribution is 7.98. The quantitative estimate of drug-likeness (QED) is 0.766. The van der Waals surface area contributed by atoms with E-state index in [1.165, 1.54) is 17.8 Å². The third-order valence-electron chi connectivity index (χ3n) is 2.13. The molecule has 0 unspecified atom stereocenters. The van der Waals surface area contributed by atoms with Crippen molar-refractivity contribution in [3.8, 4) is 0 Å². The van der Waals surface area contributed by atoms with E-state index in [1.54, 1.807) is 0 Å². The molecular weight excluding hydrogens is 273 g/mol. The molecule has 1 aromatic carbocycles. The lowest BCUT2D eigenvalue weighted by Gasteiger charge is -2.10. The standard InChI is InChI=1S/C11H10ClF3OS/c1-17-5-4-10(16)7-2-3-9(12)8(6-7)11(13,14)15/h2-3,6H,4-5H2,1H3. The van der Waals surface area contributed by atoms with Crippen molar-refractivity contribution in [2.45, 2.75) is 12.6 Å². The predicted octanol–water partition coefficient (Wildman–Crippen LogP) is 4.29. The Hall–Kier alpha value is -0.680. The maximum absolute atomic E-state index is 12.5. The minimum absolute atomic E-state index is 0.0516. The zero-order valence-corrected chi connectivity index (χ0v) is 10.5. The fourth-order valence-electron chi connectivity index (χ4n) is 1.26. The summed E-state index contributed by atoms with van der Waals surface area (Å²) in [4.78, 5) is 11.6. The van der Waals surface area contributed by atoms with Crippen LogP contribution < -0.4 is 0 Å². The van der Waals surface area contributed by atoms with Crippen LogP contribution in [0.4, 0.5) is 13.2 Å². The summed E-state index contributed by atoms with van der Waals surface area (Å²) in [6.45, 7) is 0. The molecule has 1 nitrogen and oxygen atoms in total. The van der Waals surface area contributed by atoms with Crippen LogP contribution in [0.15, 0.2) is 18.2 Å². The Morgan fingerprint density at radius 2 is 2.06 bits per heavy atom. The summed E-state index contributed by atoms with van der Waals surface area (Å²) >= 11 is 6.92. The van der Waals surface area contributed by atoms with Crippen molar-refractivity contribution < 1.29 is 18.0 Å². The first-order chi connectivity index (χ1) is 7.86. The molecule has 0 aliphatic rings. The van der Waals surface area contributed by atoms with Crippen molar-refractivity contribution >= 4 is 29.1 Å². The van der Waals surface area contributed by atoms with Gasteiger partial charge < -0.3 is 0 Å². The van der Waals surface area contributed by atoms with Crippen LogP contribution in [0.2, 0.25) is 5.02 Å². The van der Waals surface area contributed by atoms with Gasteiger partial charge in [-0.3, -0.25) is 4.79 Å². The van der Waals surface area contributed by atoms with Gasteiger partial charge >= 0.3 is 6.18 Å². The molecule has 0 aromatic heterocycles. The number of alkyl halides is 3. The van der Waals surface area contributed by atoms with Crippen molar-refractivity contribution in [3.63, 3.8) is 0 Å². The Kier molecular flexibility index (Phi) is 4.89. The first-order valence-corrected chi connectivity index (χ1v) is 6.52. The molecule has 0 amide bonds. The highest BCUT2D eigenvalue weighted by atomic mass is 35.5. The van der Waals surface area contributed by atoms with E-state index < -0.39 is 11.7 Å². The SMILES string of the molecule is CSCCC(=O)c1ccc(Cl)c(C(F)(F)F)c1. The van der Waals surface area contributed by atoms with Gasteiger partial charge in [0.25, 0.3) is 0 Å². The molecule has 0 spiro atoms. The lowest BCUT2D eigenvalue weighted by molar-refractivity contribution is -0.137. The Morgan fingerprint density at radius 3 is 2.59 bits per heavy atom. The Labute approximate surface area is 106 Å². The van der Waals surface area contributed by atoms with Crippen molar-refractivity contribution in [1.29, 1.82) is 0 Å². The smallest absolute Gasteiger partial charge is 0.294 e. The van der Waals surface area contributed by atoms with E-state index in [-0.39, 0.29) is 22.8 Å². The number of Topliss-reactive ketones (excluding diaryl/α,β-unsaturated/α-hetero) is 1. The second-order valence-corrected chi connectivity index (χ2v) is 4.75. The average Bonchev–Trinajstić information content (AvgIpc) is 2.25. The molecule has 6 heteroatoms. The summed E-state index contributed by atoms with van der Waals surface area (Å²) in [6.07, 6.45) is -2.48. The minimum atomic E-state index is -4.53. The van der Waals surface area contributed by atoms with Gasteiger partial charge in [-0.05, 0) is 24.5 Å². The Balaban J connectivity index is 3.00. The van der Waals surface area contributed by atoms with Crippen molar-refractivity contribution in [1.82, 2.24) is 0 Å². The summed E-state index contributed by atoms with van der Waals surface area (Å²) in [5, 5.41) is -0.390. The number of carbonyl (C=O) groups is 1. The third-order valence-corrected chi connectivity index (χ3v) is 3.07. The zero-order chi connectivity index (χ0) is 13.1. The summed E-state index contributed by atoms with van der Waals surface area (Å²) in [5.74, 6) is 0.282. The predicted molar refractivity (Wildman–Crippen MR) is 63.8 cm³/mol. The van der Waals surface area contributed by atoms with Crippen molar-refractivity contribution in [2.75, 3.05) is 12.0 Å². The largest absolute Gasteiger partial charge is 0.417 e. The number of rotatable bonds is 4. The first kappa shape index (κ1) is 14.4. The maximum Gasteiger partial charge on any atom is 0.417 e. The van der Waals surface area contributed by atoms with Gasteiger partial charge in [-0.15, -0.1) is 0 Å². The van der Waals surface area contributed by atoms with E-state index in [0.29, 0.717) is 5.75 Å². The summed E-state index contributed by atoms with van der Waals surface area (Å²) in [6, 6.07) is 3.24. The normalized spacial score (nSPS) is 11.6. The number of benzene rings is 1. The molecule has 0 heterocycles. The van der Waals surface area contributed by atoms with Gasteiger partial charge in [0.1, 0.15) is 0 Å². The van der Waals surface area contributed by atoms with Gasteiger partial charge in [0, 0.05) is 17.7 Å². The molecule has 0 atom stereocenters. The van der Waals surface area contributed by atoms with Crippen LogP contribution in [-0.4, -0.2) is 17.8 Å². The fraction of sp³-hybridized carbons (Fsp3) is 0.364. The van der Waals surface area contributed by atoms with Crippen LogP contribution in [-0.2, 0) is 6.18 Å². The van der Waals surface area contributed by atoms with Gasteiger partial charge in [-0.25, -0.2) is 0 Å². The molecule has 0 N–H and O–H groups in total. The zero-order valence-electron chi connectivity index (χ0n) is 8.97. The fourth-order valence-corrected chi connectivity index (χ4v) is 1.87. The van der Waals surface area contributed by atoms with Crippen LogP contribution in [0.5, 0.6) is 0 Å². The second-order valence-electron chi connectivity index (χ2n) is 3.36. The Morgan fingerprint density at radius 1 is 1.41 bits per heavy atom. The van der Waals surface area contributed by atoms with E-state index in [1.807, 2.05) is 6.26 Å². The molecule has 0 fully saturated rings. The van der Waals surface area contributed by atoms with Crippen LogP contribution in [0.1, 0.15) is 22.3 Å². The minimum Gasteiger partial charge on any atom is -0.294 e. The maximum atomic E-state index is 12.5. The summed E-state index contributed by atoms with van der Waals surface area (Å²) in [7, 11) is 0. The highest BCUT2D eigenvalue weighted by Gasteiger charge is 2.33. The highest BCUT2D eigenvalue weighted by Crippen LogP contribution is 2.35.